The van der Waals surface area contributed by atoms with Crippen molar-refractivity contribution in [1.29, 1.82) is 0 Å². The molecule has 5 rings (SSSR count). The first-order chi connectivity index (χ1) is 17.7. The molecule has 3 fully saturated rings. The molecule has 0 spiro atoms. The zero-order valence-corrected chi connectivity index (χ0v) is 21.3. The summed E-state index contributed by atoms with van der Waals surface area (Å²) < 4.78 is 21.9. The largest absolute Gasteiger partial charge is 0.472 e. The predicted octanol–water partition coefficient (Wildman–Crippen LogP) is 4.22. The van der Waals surface area contributed by atoms with Gasteiger partial charge in [0.05, 0.1) is 37.9 Å². The highest BCUT2D eigenvalue weighted by atomic mass is 16.6. The minimum absolute atomic E-state index is 0.0181. The number of carbonyl (C=O) groups excluding carboxylic acids is 4. The van der Waals surface area contributed by atoms with Crippen molar-refractivity contribution in [1.82, 2.24) is 0 Å². The van der Waals surface area contributed by atoms with Crippen molar-refractivity contribution in [2.24, 2.45) is 28.6 Å². The number of rotatable bonds is 5. The van der Waals surface area contributed by atoms with Gasteiger partial charge in [-0.2, -0.15) is 0 Å². The summed E-state index contributed by atoms with van der Waals surface area (Å²) in [5.41, 5.74) is -0.0687. The van der Waals surface area contributed by atoms with E-state index in [1.54, 1.807) is 6.07 Å². The van der Waals surface area contributed by atoms with Crippen LogP contribution in [-0.2, 0) is 39.8 Å². The van der Waals surface area contributed by atoms with Crippen molar-refractivity contribution >= 4 is 23.7 Å². The van der Waals surface area contributed by atoms with Gasteiger partial charge in [-0.3, -0.25) is 19.2 Å². The quantitative estimate of drug-likeness (QED) is 0.436. The van der Waals surface area contributed by atoms with E-state index in [1.807, 2.05) is 44.2 Å². The molecule has 3 aliphatic rings. The van der Waals surface area contributed by atoms with Crippen molar-refractivity contribution in [2.45, 2.75) is 58.2 Å². The molecular formula is C29H32O8. The third-order valence-electron chi connectivity index (χ3n) is 8.97. The van der Waals surface area contributed by atoms with Crippen molar-refractivity contribution in [2.75, 3.05) is 7.11 Å². The summed E-state index contributed by atoms with van der Waals surface area (Å²) in [7, 11) is 1.33. The van der Waals surface area contributed by atoms with E-state index in [0.717, 1.165) is 11.1 Å². The van der Waals surface area contributed by atoms with Crippen molar-refractivity contribution in [3.8, 4) is 0 Å². The number of ketones is 1. The topological polar surface area (TPSA) is 109 Å². The molecule has 0 radical (unpaired) electrons. The number of hydrogen-bond donors (Lipinski definition) is 0. The molecule has 1 saturated heterocycles. The fraction of sp³-hybridized carbons (Fsp3) is 0.517. The zero-order valence-electron chi connectivity index (χ0n) is 21.3. The number of hydrogen-bond acceptors (Lipinski definition) is 8. The van der Waals surface area contributed by atoms with Crippen LogP contribution >= 0.6 is 0 Å². The van der Waals surface area contributed by atoms with Crippen LogP contribution in [0, 0.1) is 28.6 Å². The van der Waals surface area contributed by atoms with Gasteiger partial charge in [-0.1, -0.05) is 44.2 Å². The molecule has 2 saturated carbocycles. The predicted molar refractivity (Wildman–Crippen MR) is 130 cm³/mol. The summed E-state index contributed by atoms with van der Waals surface area (Å²) in [4.78, 5) is 53.3. The minimum Gasteiger partial charge on any atom is -0.472 e. The first-order valence-corrected chi connectivity index (χ1v) is 12.7. The molecule has 1 aliphatic heterocycles. The van der Waals surface area contributed by atoms with Gasteiger partial charge in [-0.25, -0.2) is 0 Å². The number of Topliss-reactive ketones (excluding diaryl/α,β-unsaturated/α-hetero) is 1. The number of ether oxygens (including phenoxy) is 3. The first kappa shape index (κ1) is 25.2. The summed E-state index contributed by atoms with van der Waals surface area (Å²) in [5.74, 6) is -3.42. The highest BCUT2D eigenvalue weighted by Crippen LogP contribution is 2.65. The maximum atomic E-state index is 14.2. The Kier molecular flexibility index (Phi) is 6.46. The molecule has 0 N–H and O–H groups in total. The minimum atomic E-state index is -1.10. The van der Waals surface area contributed by atoms with E-state index in [2.05, 4.69) is 0 Å². The number of fused-ring (bicyclic) bond motifs is 3. The summed E-state index contributed by atoms with van der Waals surface area (Å²) in [6.07, 6.45) is 2.85. The average Bonchev–Trinajstić information content (AvgIpc) is 3.40. The summed E-state index contributed by atoms with van der Waals surface area (Å²) >= 11 is 0. The lowest BCUT2D eigenvalue weighted by Crippen LogP contribution is -2.64. The first-order valence-electron chi connectivity index (χ1n) is 12.7. The van der Waals surface area contributed by atoms with Crippen LogP contribution in [0.5, 0.6) is 0 Å². The maximum absolute atomic E-state index is 14.2. The van der Waals surface area contributed by atoms with E-state index < -0.39 is 52.7 Å². The molecule has 1 aromatic heterocycles. The van der Waals surface area contributed by atoms with Gasteiger partial charge in [0.15, 0.2) is 11.9 Å². The molecule has 8 heteroatoms. The molecule has 0 bridgehead atoms. The van der Waals surface area contributed by atoms with Crippen molar-refractivity contribution < 1.29 is 37.8 Å². The van der Waals surface area contributed by atoms with Gasteiger partial charge in [-0.05, 0) is 41.7 Å². The van der Waals surface area contributed by atoms with Crippen molar-refractivity contribution in [3.63, 3.8) is 0 Å². The lowest BCUT2D eigenvalue weighted by molar-refractivity contribution is -0.210. The van der Waals surface area contributed by atoms with E-state index in [9.17, 15) is 19.2 Å². The highest BCUT2D eigenvalue weighted by molar-refractivity contribution is 5.93. The van der Waals surface area contributed by atoms with Crippen LogP contribution in [0.3, 0.4) is 0 Å². The fourth-order valence-electron chi connectivity index (χ4n) is 7.23. The van der Waals surface area contributed by atoms with Crippen LogP contribution in [0.4, 0.5) is 0 Å². The average molecular weight is 509 g/mol. The van der Waals surface area contributed by atoms with E-state index in [4.69, 9.17) is 18.6 Å². The second-order valence-corrected chi connectivity index (χ2v) is 11.1. The molecular weight excluding hydrogens is 476 g/mol. The lowest BCUT2D eigenvalue weighted by atomic mass is 9.43. The van der Waals surface area contributed by atoms with Gasteiger partial charge in [0.2, 0.25) is 0 Å². The molecule has 2 heterocycles. The maximum Gasteiger partial charge on any atom is 0.310 e. The van der Waals surface area contributed by atoms with Gasteiger partial charge in [-0.15, -0.1) is 0 Å². The van der Waals surface area contributed by atoms with Gasteiger partial charge < -0.3 is 18.6 Å². The van der Waals surface area contributed by atoms with E-state index >= 15 is 0 Å². The summed E-state index contributed by atoms with van der Waals surface area (Å²) in [6.45, 7) is 3.88. The number of methoxy groups -OCH3 is 1. The smallest absolute Gasteiger partial charge is 0.310 e. The van der Waals surface area contributed by atoms with E-state index in [-0.39, 0.29) is 24.6 Å². The Hall–Kier alpha value is -3.42. The van der Waals surface area contributed by atoms with Crippen LogP contribution in [0.2, 0.25) is 0 Å². The Labute approximate surface area is 215 Å². The van der Waals surface area contributed by atoms with Crippen LogP contribution in [0.1, 0.15) is 56.8 Å². The van der Waals surface area contributed by atoms with E-state index in [0.29, 0.717) is 19.3 Å². The monoisotopic (exact) mass is 508 g/mol. The fourth-order valence-corrected chi connectivity index (χ4v) is 7.23. The summed E-state index contributed by atoms with van der Waals surface area (Å²) in [6, 6.07) is 10.9. The van der Waals surface area contributed by atoms with Crippen LogP contribution in [0.15, 0.2) is 53.3 Å². The molecule has 1 aromatic carbocycles. The molecule has 196 valence electrons. The summed E-state index contributed by atoms with van der Waals surface area (Å²) in [5, 5.41) is 0. The normalized spacial score (nSPS) is 35.1. The molecule has 7 atom stereocenters. The van der Waals surface area contributed by atoms with Gasteiger partial charge in [0, 0.05) is 17.9 Å². The van der Waals surface area contributed by atoms with Crippen LogP contribution in [0.25, 0.3) is 0 Å². The third-order valence-corrected chi connectivity index (χ3v) is 8.97. The van der Waals surface area contributed by atoms with Gasteiger partial charge in [0.25, 0.3) is 0 Å². The number of cyclic esters (lactones) is 1. The lowest BCUT2D eigenvalue weighted by Gasteiger charge is -2.61. The van der Waals surface area contributed by atoms with Gasteiger partial charge in [0.1, 0.15) is 6.10 Å². The Morgan fingerprint density at radius 2 is 1.84 bits per heavy atom. The third kappa shape index (κ3) is 4.26. The second-order valence-electron chi connectivity index (χ2n) is 11.1. The molecule has 2 aliphatic carbocycles. The van der Waals surface area contributed by atoms with Crippen molar-refractivity contribution in [3.05, 3.63) is 60.1 Å². The Bertz CT molecular complexity index is 1190. The molecule has 37 heavy (non-hydrogen) atoms. The zero-order chi connectivity index (χ0) is 26.4. The molecule has 2 aromatic rings. The Morgan fingerprint density at radius 1 is 1.08 bits per heavy atom. The Balaban J connectivity index is 1.49. The SMILES string of the molecule is COC(=O)[C@@H]1C[C@H](OC(=O)Cc2ccccc2)C(=O)[C@H]2[C@@]1(C)CC[C@H]1C(=O)O[C@H](c3ccoc3)C[C@]21C. The number of benzene rings is 1. The van der Waals surface area contributed by atoms with Crippen LogP contribution in [-0.4, -0.2) is 36.9 Å². The van der Waals surface area contributed by atoms with Gasteiger partial charge >= 0.3 is 17.9 Å². The van der Waals surface area contributed by atoms with Crippen LogP contribution < -0.4 is 0 Å². The number of furan rings is 1. The molecule has 0 amide bonds. The number of carbonyl (C=O) groups is 4. The number of esters is 3. The standard InChI is InChI=1S/C29H32O8/c1-28-11-9-19-27(33)37-22(18-10-12-35-16-18)15-29(19,2)25(28)24(31)21(14-20(28)26(32)34-3)36-23(30)13-17-7-5-4-6-8-17/h4-8,10,12,16,19-22,25H,9,11,13-15H2,1-3H3/t19-,20-,21-,22-,25-,28-,29-/m0/s1. The Morgan fingerprint density at radius 3 is 2.51 bits per heavy atom. The van der Waals surface area contributed by atoms with E-state index in [1.165, 1.54) is 19.6 Å². The molecule has 8 nitrogen and oxygen atoms in total. The highest BCUT2D eigenvalue weighted by Gasteiger charge is 2.67. The second kappa shape index (κ2) is 9.47. The molecule has 0 unspecified atom stereocenters.